The lowest BCUT2D eigenvalue weighted by atomic mass is 10.1. The Kier molecular flexibility index (Phi) is 3.05. The van der Waals surface area contributed by atoms with Gasteiger partial charge in [0.2, 0.25) is 5.91 Å². The number of hydrogen-bond donors (Lipinski definition) is 2. The van der Waals surface area contributed by atoms with Gasteiger partial charge in [0, 0.05) is 13.1 Å². The first-order valence-corrected chi connectivity index (χ1v) is 4.37. The molecular formula is C8H16N2O2. The third-order valence-corrected chi connectivity index (χ3v) is 2.25. The molecule has 1 saturated heterocycles. The molecule has 70 valence electrons. The van der Waals surface area contributed by atoms with Crippen molar-refractivity contribution in [1.82, 2.24) is 4.90 Å². The molecule has 12 heavy (non-hydrogen) atoms. The summed E-state index contributed by atoms with van der Waals surface area (Å²) in [4.78, 5) is 12.7. The summed E-state index contributed by atoms with van der Waals surface area (Å²) in [6, 6.07) is -0.288. The first-order valence-electron chi connectivity index (χ1n) is 4.37. The van der Waals surface area contributed by atoms with Gasteiger partial charge in [0.15, 0.2) is 0 Å². The number of β-lactam (4-membered cyclic amide) rings is 1. The van der Waals surface area contributed by atoms with Crippen LogP contribution in [0.25, 0.3) is 0 Å². The van der Waals surface area contributed by atoms with Crippen molar-refractivity contribution < 1.29 is 9.90 Å². The number of rotatable bonds is 4. The van der Waals surface area contributed by atoms with Gasteiger partial charge in [0.25, 0.3) is 0 Å². The first kappa shape index (κ1) is 9.48. The van der Waals surface area contributed by atoms with Crippen LogP contribution in [-0.2, 0) is 4.79 Å². The average Bonchev–Trinajstić information content (AvgIpc) is 2.10. The van der Waals surface area contributed by atoms with Crippen LogP contribution in [0.15, 0.2) is 0 Å². The van der Waals surface area contributed by atoms with Crippen LogP contribution in [0.4, 0.5) is 0 Å². The Labute approximate surface area is 72.3 Å². The molecule has 4 heteroatoms. The fourth-order valence-electron chi connectivity index (χ4n) is 1.24. The van der Waals surface area contributed by atoms with E-state index >= 15 is 0 Å². The minimum atomic E-state index is -0.288. The van der Waals surface area contributed by atoms with Gasteiger partial charge in [-0.3, -0.25) is 4.79 Å². The van der Waals surface area contributed by atoms with E-state index in [1.54, 1.807) is 4.90 Å². The summed E-state index contributed by atoms with van der Waals surface area (Å²) in [5.41, 5.74) is 5.40. The zero-order valence-corrected chi connectivity index (χ0v) is 7.36. The SMILES string of the molecule is CCC(O)CCN1CC(N)C1=O. The Balaban J connectivity index is 2.13. The van der Waals surface area contributed by atoms with Crippen molar-refractivity contribution in [3.63, 3.8) is 0 Å². The lowest BCUT2D eigenvalue weighted by molar-refractivity contribution is -0.142. The van der Waals surface area contributed by atoms with Crippen LogP contribution in [0.2, 0.25) is 0 Å². The normalized spacial score (nSPS) is 25.4. The highest BCUT2D eigenvalue weighted by atomic mass is 16.3. The molecule has 1 fully saturated rings. The van der Waals surface area contributed by atoms with Crippen LogP contribution < -0.4 is 5.73 Å². The molecule has 2 unspecified atom stereocenters. The van der Waals surface area contributed by atoms with Gasteiger partial charge in [-0.25, -0.2) is 0 Å². The third-order valence-electron chi connectivity index (χ3n) is 2.25. The zero-order chi connectivity index (χ0) is 9.14. The number of aliphatic hydroxyl groups excluding tert-OH is 1. The molecule has 0 saturated carbocycles. The zero-order valence-electron chi connectivity index (χ0n) is 7.36. The number of amides is 1. The largest absolute Gasteiger partial charge is 0.393 e. The van der Waals surface area contributed by atoms with Gasteiger partial charge in [-0.2, -0.15) is 0 Å². The van der Waals surface area contributed by atoms with Crippen molar-refractivity contribution in [3.8, 4) is 0 Å². The van der Waals surface area contributed by atoms with E-state index in [2.05, 4.69) is 0 Å². The maximum absolute atomic E-state index is 11.0. The molecule has 0 bridgehead atoms. The van der Waals surface area contributed by atoms with Crippen molar-refractivity contribution in [2.45, 2.75) is 31.9 Å². The van der Waals surface area contributed by atoms with E-state index in [9.17, 15) is 9.90 Å². The molecule has 0 radical (unpaired) electrons. The number of nitrogens with zero attached hydrogens (tertiary/aromatic N) is 1. The molecule has 2 atom stereocenters. The monoisotopic (exact) mass is 172 g/mol. The predicted octanol–water partition coefficient (Wildman–Crippen LogP) is -0.683. The highest BCUT2D eigenvalue weighted by Gasteiger charge is 2.32. The van der Waals surface area contributed by atoms with Gasteiger partial charge in [-0.1, -0.05) is 6.92 Å². The molecule has 1 amide bonds. The number of carbonyl (C=O) groups is 1. The number of nitrogens with two attached hydrogens (primary N) is 1. The van der Waals surface area contributed by atoms with Crippen molar-refractivity contribution in [3.05, 3.63) is 0 Å². The topological polar surface area (TPSA) is 66.6 Å². The second kappa shape index (κ2) is 3.87. The average molecular weight is 172 g/mol. The predicted molar refractivity (Wildman–Crippen MR) is 45.5 cm³/mol. The van der Waals surface area contributed by atoms with Crippen LogP contribution in [0.3, 0.4) is 0 Å². The molecule has 0 spiro atoms. The van der Waals surface area contributed by atoms with Crippen molar-refractivity contribution >= 4 is 5.91 Å². The first-order chi connectivity index (χ1) is 5.65. The van der Waals surface area contributed by atoms with Crippen LogP contribution in [-0.4, -0.2) is 41.1 Å². The van der Waals surface area contributed by atoms with Gasteiger partial charge in [-0.05, 0) is 12.8 Å². The molecule has 4 nitrogen and oxygen atoms in total. The van der Waals surface area contributed by atoms with Gasteiger partial charge < -0.3 is 15.7 Å². The summed E-state index contributed by atoms with van der Waals surface area (Å²) in [5, 5.41) is 9.21. The van der Waals surface area contributed by atoms with Crippen molar-refractivity contribution in [2.24, 2.45) is 5.73 Å². The Morgan fingerprint density at radius 3 is 2.92 bits per heavy atom. The maximum Gasteiger partial charge on any atom is 0.241 e. The van der Waals surface area contributed by atoms with E-state index in [1.807, 2.05) is 6.92 Å². The smallest absolute Gasteiger partial charge is 0.241 e. The van der Waals surface area contributed by atoms with Gasteiger partial charge in [-0.15, -0.1) is 0 Å². The fraction of sp³-hybridized carbons (Fsp3) is 0.875. The standard InChI is InChI=1S/C8H16N2O2/c1-2-6(11)3-4-10-5-7(9)8(10)12/h6-7,11H,2-5,9H2,1H3. The van der Waals surface area contributed by atoms with Crippen molar-refractivity contribution in [1.29, 1.82) is 0 Å². The Morgan fingerprint density at radius 1 is 1.83 bits per heavy atom. The Hall–Kier alpha value is -0.610. The molecule has 1 heterocycles. The fourth-order valence-corrected chi connectivity index (χ4v) is 1.24. The minimum absolute atomic E-state index is 0.0123. The van der Waals surface area contributed by atoms with E-state index in [-0.39, 0.29) is 18.1 Å². The highest BCUT2D eigenvalue weighted by molar-refractivity contribution is 5.87. The molecule has 0 aromatic rings. The molecule has 0 aliphatic carbocycles. The summed E-state index contributed by atoms with van der Waals surface area (Å²) in [6.07, 6.45) is 1.12. The summed E-state index contributed by atoms with van der Waals surface area (Å²) >= 11 is 0. The van der Waals surface area contributed by atoms with Gasteiger partial charge in [0.1, 0.15) is 6.04 Å². The van der Waals surface area contributed by atoms with E-state index in [1.165, 1.54) is 0 Å². The van der Waals surface area contributed by atoms with Crippen LogP contribution in [0.1, 0.15) is 19.8 Å². The van der Waals surface area contributed by atoms with E-state index in [0.29, 0.717) is 19.5 Å². The number of likely N-dealkylation sites (tertiary alicyclic amines) is 1. The molecule has 1 aliphatic heterocycles. The summed E-state index contributed by atoms with van der Waals surface area (Å²) in [6.45, 7) is 3.21. The summed E-state index contributed by atoms with van der Waals surface area (Å²) in [7, 11) is 0. The molecule has 0 aromatic carbocycles. The molecule has 1 rings (SSSR count). The minimum Gasteiger partial charge on any atom is -0.393 e. The third kappa shape index (κ3) is 1.95. The summed E-state index contributed by atoms with van der Waals surface area (Å²) < 4.78 is 0. The van der Waals surface area contributed by atoms with Crippen LogP contribution in [0, 0.1) is 0 Å². The lowest BCUT2D eigenvalue weighted by Crippen LogP contribution is -2.61. The molecular weight excluding hydrogens is 156 g/mol. The van der Waals surface area contributed by atoms with E-state index in [4.69, 9.17) is 5.73 Å². The maximum atomic E-state index is 11.0. The number of aliphatic hydroxyl groups is 1. The number of carbonyl (C=O) groups excluding carboxylic acids is 1. The molecule has 1 aliphatic rings. The summed E-state index contributed by atoms with van der Waals surface area (Å²) in [5.74, 6) is 0.0123. The van der Waals surface area contributed by atoms with Crippen molar-refractivity contribution in [2.75, 3.05) is 13.1 Å². The molecule has 0 aromatic heterocycles. The quantitative estimate of drug-likeness (QED) is 0.552. The van der Waals surface area contributed by atoms with Crippen LogP contribution >= 0.6 is 0 Å². The molecule has 3 N–H and O–H groups in total. The van der Waals surface area contributed by atoms with Crippen LogP contribution in [0.5, 0.6) is 0 Å². The Morgan fingerprint density at radius 2 is 2.50 bits per heavy atom. The second-order valence-corrected chi connectivity index (χ2v) is 3.24. The number of hydrogen-bond acceptors (Lipinski definition) is 3. The van der Waals surface area contributed by atoms with Gasteiger partial charge >= 0.3 is 0 Å². The highest BCUT2D eigenvalue weighted by Crippen LogP contribution is 2.09. The van der Waals surface area contributed by atoms with Gasteiger partial charge in [0.05, 0.1) is 6.10 Å². The Bertz CT molecular complexity index is 172. The van der Waals surface area contributed by atoms with E-state index < -0.39 is 0 Å². The lowest BCUT2D eigenvalue weighted by Gasteiger charge is -2.36. The second-order valence-electron chi connectivity index (χ2n) is 3.24. The van der Waals surface area contributed by atoms with E-state index in [0.717, 1.165) is 6.42 Å².